The SMILES string of the molecule is O=C(c1ccc(F)cc1F)N1CCC(C(=O)N2CCC3CCC(C2)N3)CC1. The van der Waals surface area contributed by atoms with E-state index >= 15 is 0 Å². The summed E-state index contributed by atoms with van der Waals surface area (Å²) in [6.45, 7) is 2.41. The van der Waals surface area contributed by atoms with E-state index in [9.17, 15) is 18.4 Å². The van der Waals surface area contributed by atoms with Crippen LogP contribution < -0.4 is 5.32 Å². The lowest BCUT2D eigenvalue weighted by molar-refractivity contribution is -0.137. The summed E-state index contributed by atoms with van der Waals surface area (Å²) in [5, 5.41) is 3.58. The zero-order valence-corrected chi connectivity index (χ0v) is 15.3. The van der Waals surface area contributed by atoms with Crippen LogP contribution in [0.25, 0.3) is 0 Å². The van der Waals surface area contributed by atoms with Crippen LogP contribution in [0.2, 0.25) is 0 Å². The minimum Gasteiger partial charge on any atom is -0.341 e. The third-order valence-corrected chi connectivity index (χ3v) is 6.13. The van der Waals surface area contributed by atoms with E-state index in [-0.39, 0.29) is 17.4 Å². The first kappa shape index (κ1) is 18.3. The third-order valence-electron chi connectivity index (χ3n) is 6.13. The van der Waals surface area contributed by atoms with Gasteiger partial charge in [0.1, 0.15) is 11.6 Å². The number of likely N-dealkylation sites (tertiary alicyclic amines) is 2. The summed E-state index contributed by atoms with van der Waals surface area (Å²) in [5.74, 6) is -1.87. The lowest BCUT2D eigenvalue weighted by Crippen LogP contribution is -2.46. The summed E-state index contributed by atoms with van der Waals surface area (Å²) >= 11 is 0. The molecule has 1 aromatic carbocycles. The van der Waals surface area contributed by atoms with Crippen molar-refractivity contribution in [2.75, 3.05) is 26.2 Å². The average Bonchev–Trinajstić information content (AvgIpc) is 2.99. The van der Waals surface area contributed by atoms with Crippen LogP contribution in [0.15, 0.2) is 18.2 Å². The maximum atomic E-state index is 13.9. The van der Waals surface area contributed by atoms with Crippen molar-refractivity contribution in [2.45, 2.75) is 44.2 Å². The number of rotatable bonds is 2. The van der Waals surface area contributed by atoms with Crippen molar-refractivity contribution in [1.82, 2.24) is 15.1 Å². The topological polar surface area (TPSA) is 52.7 Å². The predicted molar refractivity (Wildman–Crippen MR) is 96.1 cm³/mol. The van der Waals surface area contributed by atoms with Gasteiger partial charge in [-0.05, 0) is 44.2 Å². The van der Waals surface area contributed by atoms with Crippen molar-refractivity contribution in [3.63, 3.8) is 0 Å². The normalized spacial score (nSPS) is 26.1. The monoisotopic (exact) mass is 377 g/mol. The molecule has 0 aliphatic carbocycles. The fourth-order valence-corrected chi connectivity index (χ4v) is 4.56. The molecule has 0 aromatic heterocycles. The number of hydrogen-bond acceptors (Lipinski definition) is 3. The van der Waals surface area contributed by atoms with E-state index in [2.05, 4.69) is 5.32 Å². The molecule has 1 aromatic rings. The summed E-state index contributed by atoms with van der Waals surface area (Å²) in [4.78, 5) is 29.0. The van der Waals surface area contributed by atoms with Gasteiger partial charge in [0.2, 0.25) is 5.91 Å². The highest BCUT2D eigenvalue weighted by molar-refractivity contribution is 5.94. The number of benzene rings is 1. The van der Waals surface area contributed by atoms with Gasteiger partial charge in [-0.2, -0.15) is 0 Å². The molecule has 3 saturated heterocycles. The van der Waals surface area contributed by atoms with Gasteiger partial charge in [0.25, 0.3) is 5.91 Å². The standard InChI is InChI=1S/C20H25F2N3O2/c21-14-1-4-17(18(22)11-14)20(27)24-8-5-13(6-9-24)19(26)25-10-7-15-2-3-16(12-25)23-15/h1,4,11,13,15-16,23H,2-3,5-10,12H2. The van der Waals surface area contributed by atoms with E-state index in [0.29, 0.717) is 38.0 Å². The van der Waals surface area contributed by atoms with Gasteiger partial charge in [-0.1, -0.05) is 0 Å². The third kappa shape index (κ3) is 3.83. The number of nitrogens with one attached hydrogen (secondary N) is 1. The number of nitrogens with zero attached hydrogens (tertiary/aromatic N) is 2. The van der Waals surface area contributed by atoms with Crippen molar-refractivity contribution in [2.24, 2.45) is 5.92 Å². The summed E-state index contributed by atoms with van der Waals surface area (Å²) in [6.07, 6.45) is 4.51. The molecule has 4 rings (SSSR count). The number of carbonyl (C=O) groups is 2. The van der Waals surface area contributed by atoms with Gasteiger partial charge in [0, 0.05) is 50.2 Å². The van der Waals surface area contributed by atoms with Crippen LogP contribution in [0.3, 0.4) is 0 Å². The van der Waals surface area contributed by atoms with Crippen molar-refractivity contribution in [3.8, 4) is 0 Å². The molecule has 2 bridgehead atoms. The van der Waals surface area contributed by atoms with Crippen LogP contribution in [0.5, 0.6) is 0 Å². The van der Waals surface area contributed by atoms with E-state index in [1.165, 1.54) is 12.5 Å². The van der Waals surface area contributed by atoms with E-state index < -0.39 is 17.5 Å². The Bertz CT molecular complexity index is 734. The Hall–Kier alpha value is -2.02. The molecule has 146 valence electrons. The van der Waals surface area contributed by atoms with Crippen LogP contribution >= 0.6 is 0 Å². The van der Waals surface area contributed by atoms with E-state index in [4.69, 9.17) is 0 Å². The smallest absolute Gasteiger partial charge is 0.256 e. The molecule has 0 saturated carbocycles. The Labute approximate surface area is 157 Å². The number of hydrogen-bond donors (Lipinski definition) is 1. The second kappa shape index (κ2) is 7.54. The molecule has 0 radical (unpaired) electrons. The lowest BCUT2D eigenvalue weighted by atomic mass is 9.94. The molecule has 7 heteroatoms. The number of piperidine rings is 1. The van der Waals surface area contributed by atoms with Gasteiger partial charge in [0.15, 0.2) is 0 Å². The molecular formula is C20H25F2N3O2. The maximum absolute atomic E-state index is 13.9. The van der Waals surface area contributed by atoms with Crippen molar-refractivity contribution in [1.29, 1.82) is 0 Å². The number of amides is 2. The predicted octanol–water partition coefficient (Wildman–Crippen LogP) is 2.17. The van der Waals surface area contributed by atoms with Crippen LogP contribution in [0, 0.1) is 17.6 Å². The van der Waals surface area contributed by atoms with Crippen LogP contribution in [0.4, 0.5) is 8.78 Å². The average molecular weight is 377 g/mol. The molecule has 0 spiro atoms. The zero-order chi connectivity index (χ0) is 19.0. The Morgan fingerprint density at radius 2 is 1.63 bits per heavy atom. The quantitative estimate of drug-likeness (QED) is 0.860. The van der Waals surface area contributed by atoms with Gasteiger partial charge < -0.3 is 15.1 Å². The number of carbonyl (C=O) groups excluding carboxylic acids is 2. The summed E-state index contributed by atoms with van der Waals surface area (Å²) < 4.78 is 26.9. The zero-order valence-electron chi connectivity index (χ0n) is 15.3. The van der Waals surface area contributed by atoms with Crippen LogP contribution in [0.1, 0.15) is 42.5 Å². The molecule has 3 aliphatic heterocycles. The largest absolute Gasteiger partial charge is 0.341 e. The number of fused-ring (bicyclic) bond motifs is 2. The van der Waals surface area contributed by atoms with Gasteiger partial charge in [-0.3, -0.25) is 9.59 Å². The Balaban J connectivity index is 1.34. The van der Waals surface area contributed by atoms with Gasteiger partial charge >= 0.3 is 0 Å². The molecular weight excluding hydrogens is 352 g/mol. The van der Waals surface area contributed by atoms with E-state index in [1.54, 1.807) is 4.90 Å². The highest BCUT2D eigenvalue weighted by Crippen LogP contribution is 2.26. The molecule has 2 atom stereocenters. The number of halogens is 2. The first-order valence-corrected chi connectivity index (χ1v) is 9.80. The molecule has 2 unspecified atom stereocenters. The molecule has 3 aliphatic rings. The fraction of sp³-hybridized carbons (Fsp3) is 0.600. The molecule has 27 heavy (non-hydrogen) atoms. The highest BCUT2D eigenvalue weighted by atomic mass is 19.1. The summed E-state index contributed by atoms with van der Waals surface area (Å²) in [5.41, 5.74) is -0.115. The second-order valence-electron chi connectivity index (χ2n) is 7.90. The van der Waals surface area contributed by atoms with Gasteiger partial charge in [0.05, 0.1) is 5.56 Å². The Kier molecular flexibility index (Phi) is 5.12. The molecule has 1 N–H and O–H groups in total. The minimum absolute atomic E-state index is 0.0799. The van der Waals surface area contributed by atoms with Gasteiger partial charge in [-0.25, -0.2) is 8.78 Å². The lowest BCUT2D eigenvalue weighted by Gasteiger charge is -2.35. The fourth-order valence-electron chi connectivity index (χ4n) is 4.56. The van der Waals surface area contributed by atoms with E-state index in [0.717, 1.165) is 38.1 Å². The maximum Gasteiger partial charge on any atom is 0.256 e. The molecule has 5 nitrogen and oxygen atoms in total. The summed E-state index contributed by atoms with van der Waals surface area (Å²) in [7, 11) is 0. The Morgan fingerprint density at radius 3 is 2.37 bits per heavy atom. The van der Waals surface area contributed by atoms with Crippen molar-refractivity contribution >= 4 is 11.8 Å². The molecule has 2 amide bonds. The van der Waals surface area contributed by atoms with Crippen LogP contribution in [-0.4, -0.2) is 59.9 Å². The van der Waals surface area contributed by atoms with E-state index in [1.807, 2.05) is 4.90 Å². The van der Waals surface area contributed by atoms with Gasteiger partial charge in [-0.15, -0.1) is 0 Å². The first-order chi connectivity index (χ1) is 13.0. The minimum atomic E-state index is -0.842. The first-order valence-electron chi connectivity index (χ1n) is 9.80. The van der Waals surface area contributed by atoms with Crippen LogP contribution in [-0.2, 0) is 4.79 Å². The highest BCUT2D eigenvalue weighted by Gasteiger charge is 2.35. The Morgan fingerprint density at radius 1 is 0.926 bits per heavy atom. The van der Waals surface area contributed by atoms with Crippen molar-refractivity contribution < 1.29 is 18.4 Å². The molecule has 3 heterocycles. The molecule has 3 fully saturated rings. The summed E-state index contributed by atoms with van der Waals surface area (Å²) in [6, 6.07) is 3.95. The van der Waals surface area contributed by atoms with Crippen molar-refractivity contribution in [3.05, 3.63) is 35.4 Å². The second-order valence-corrected chi connectivity index (χ2v) is 7.90.